The van der Waals surface area contributed by atoms with Crippen molar-refractivity contribution in [2.75, 3.05) is 26.2 Å². The Morgan fingerprint density at radius 3 is 2.04 bits per heavy atom. The van der Waals surface area contributed by atoms with E-state index in [1.54, 1.807) is 0 Å². The van der Waals surface area contributed by atoms with Crippen LogP contribution in [0.3, 0.4) is 0 Å². The molecule has 2 fully saturated rings. The molecule has 2 rings (SSSR count). The molecule has 0 spiro atoms. The van der Waals surface area contributed by atoms with Crippen LogP contribution in [-0.2, 0) is 9.53 Å². The van der Waals surface area contributed by atoms with Gasteiger partial charge in [-0.1, -0.05) is 13.8 Å². The molecular formula is C18H35N3O2. The number of amides is 1. The van der Waals surface area contributed by atoms with Gasteiger partial charge in [0.1, 0.15) is 0 Å². The number of hydrogen-bond acceptors (Lipinski definition) is 4. The summed E-state index contributed by atoms with van der Waals surface area (Å²) in [5, 5.41) is 0. The third kappa shape index (κ3) is 4.68. The van der Waals surface area contributed by atoms with E-state index < -0.39 is 0 Å². The van der Waals surface area contributed by atoms with E-state index in [0.29, 0.717) is 17.7 Å². The lowest BCUT2D eigenvalue weighted by atomic mass is 9.90. The number of carbonyl (C=O) groups is 1. The van der Waals surface area contributed by atoms with Crippen LogP contribution in [0.5, 0.6) is 0 Å². The summed E-state index contributed by atoms with van der Waals surface area (Å²) in [5.41, 5.74) is 6.02. The largest absolute Gasteiger partial charge is 0.373 e. The first-order valence-electron chi connectivity index (χ1n) is 9.23. The Bertz CT molecular complexity index is 382. The second kappa shape index (κ2) is 7.95. The molecule has 134 valence electrons. The van der Waals surface area contributed by atoms with Crippen LogP contribution in [0.25, 0.3) is 0 Å². The second-order valence-corrected chi connectivity index (χ2v) is 7.92. The summed E-state index contributed by atoms with van der Waals surface area (Å²) >= 11 is 0. The zero-order chi connectivity index (χ0) is 17.1. The van der Waals surface area contributed by atoms with Gasteiger partial charge in [0.05, 0.1) is 18.2 Å². The van der Waals surface area contributed by atoms with E-state index >= 15 is 0 Å². The maximum Gasteiger partial charge on any atom is 0.240 e. The zero-order valence-corrected chi connectivity index (χ0v) is 15.5. The molecular weight excluding hydrogens is 290 g/mol. The summed E-state index contributed by atoms with van der Waals surface area (Å²) in [6, 6.07) is 0.199. The minimum Gasteiger partial charge on any atom is -0.373 e. The fourth-order valence-corrected chi connectivity index (χ4v) is 4.14. The number of nitrogens with two attached hydrogens (primary N) is 1. The van der Waals surface area contributed by atoms with Gasteiger partial charge in [0.2, 0.25) is 5.91 Å². The van der Waals surface area contributed by atoms with E-state index in [1.807, 2.05) is 0 Å². The van der Waals surface area contributed by atoms with Crippen molar-refractivity contribution in [2.45, 2.75) is 71.8 Å². The van der Waals surface area contributed by atoms with Gasteiger partial charge >= 0.3 is 0 Å². The molecule has 2 aliphatic heterocycles. The van der Waals surface area contributed by atoms with Crippen LogP contribution >= 0.6 is 0 Å². The van der Waals surface area contributed by atoms with Crippen molar-refractivity contribution in [1.82, 2.24) is 9.80 Å². The molecule has 0 aromatic heterocycles. The van der Waals surface area contributed by atoms with E-state index in [0.717, 1.165) is 39.0 Å². The Labute approximate surface area is 141 Å². The quantitative estimate of drug-likeness (QED) is 0.855. The first-order chi connectivity index (χ1) is 10.8. The molecule has 5 heteroatoms. The van der Waals surface area contributed by atoms with Gasteiger partial charge in [-0.2, -0.15) is 0 Å². The first-order valence-corrected chi connectivity index (χ1v) is 9.23. The van der Waals surface area contributed by atoms with Crippen molar-refractivity contribution in [2.24, 2.45) is 17.6 Å². The van der Waals surface area contributed by atoms with E-state index in [1.165, 1.54) is 0 Å². The summed E-state index contributed by atoms with van der Waals surface area (Å²) in [7, 11) is 0. The van der Waals surface area contributed by atoms with Gasteiger partial charge in [0.15, 0.2) is 0 Å². The van der Waals surface area contributed by atoms with Crippen molar-refractivity contribution >= 4 is 5.91 Å². The Hall–Kier alpha value is -0.650. The van der Waals surface area contributed by atoms with Crippen LogP contribution in [0.4, 0.5) is 0 Å². The molecule has 4 atom stereocenters. The van der Waals surface area contributed by atoms with Crippen molar-refractivity contribution < 1.29 is 9.53 Å². The Morgan fingerprint density at radius 1 is 1.09 bits per heavy atom. The normalized spacial score (nSPS) is 30.5. The predicted molar refractivity (Wildman–Crippen MR) is 93.2 cm³/mol. The van der Waals surface area contributed by atoms with Crippen LogP contribution in [0.2, 0.25) is 0 Å². The lowest BCUT2D eigenvalue weighted by Gasteiger charge is -2.44. The molecule has 2 heterocycles. The van der Waals surface area contributed by atoms with E-state index in [-0.39, 0.29) is 24.3 Å². The van der Waals surface area contributed by atoms with Gasteiger partial charge in [-0.3, -0.25) is 9.69 Å². The zero-order valence-electron chi connectivity index (χ0n) is 15.5. The highest BCUT2D eigenvalue weighted by atomic mass is 16.5. The van der Waals surface area contributed by atoms with E-state index in [9.17, 15) is 4.79 Å². The van der Waals surface area contributed by atoms with Crippen LogP contribution < -0.4 is 5.73 Å². The monoisotopic (exact) mass is 325 g/mol. The van der Waals surface area contributed by atoms with E-state index in [2.05, 4.69) is 44.4 Å². The summed E-state index contributed by atoms with van der Waals surface area (Å²) < 4.78 is 5.83. The Kier molecular flexibility index (Phi) is 6.46. The molecule has 2 saturated heterocycles. The number of likely N-dealkylation sites (tertiary alicyclic amines) is 1. The topological polar surface area (TPSA) is 58.8 Å². The fourth-order valence-electron chi connectivity index (χ4n) is 4.14. The molecule has 0 radical (unpaired) electrons. The third-order valence-electron chi connectivity index (χ3n) is 5.32. The van der Waals surface area contributed by atoms with Gasteiger partial charge in [-0.05, 0) is 45.4 Å². The van der Waals surface area contributed by atoms with Crippen LogP contribution in [0.15, 0.2) is 0 Å². The van der Waals surface area contributed by atoms with Crippen LogP contribution in [0, 0.1) is 11.8 Å². The summed E-state index contributed by atoms with van der Waals surface area (Å²) in [5.74, 6) is 1.16. The van der Waals surface area contributed by atoms with Crippen molar-refractivity contribution in [3.05, 3.63) is 0 Å². The number of morpholine rings is 1. The third-order valence-corrected chi connectivity index (χ3v) is 5.32. The summed E-state index contributed by atoms with van der Waals surface area (Å²) in [4.78, 5) is 17.5. The SMILES string of the molecule is CC1CN(C(C(=O)N2CCC(C(C)N)CC2)C(C)C)CC(C)O1. The van der Waals surface area contributed by atoms with Crippen LogP contribution in [-0.4, -0.2) is 66.2 Å². The molecule has 0 aromatic rings. The molecule has 5 nitrogen and oxygen atoms in total. The minimum atomic E-state index is -0.0318. The average molecular weight is 325 g/mol. The van der Waals surface area contributed by atoms with Gasteiger partial charge in [-0.25, -0.2) is 0 Å². The number of nitrogens with zero attached hydrogens (tertiary/aromatic N) is 2. The van der Waals surface area contributed by atoms with Crippen molar-refractivity contribution in [1.29, 1.82) is 0 Å². The minimum absolute atomic E-state index is 0.0318. The maximum atomic E-state index is 13.1. The molecule has 0 bridgehead atoms. The van der Waals surface area contributed by atoms with Gasteiger partial charge < -0.3 is 15.4 Å². The van der Waals surface area contributed by atoms with Crippen LogP contribution in [0.1, 0.15) is 47.5 Å². The van der Waals surface area contributed by atoms with Gasteiger partial charge in [-0.15, -0.1) is 0 Å². The van der Waals surface area contributed by atoms with E-state index in [4.69, 9.17) is 10.5 Å². The molecule has 0 saturated carbocycles. The highest BCUT2D eigenvalue weighted by molar-refractivity contribution is 5.82. The van der Waals surface area contributed by atoms with Gasteiger partial charge in [0.25, 0.3) is 0 Å². The number of ether oxygens (including phenoxy) is 1. The number of hydrogen-bond donors (Lipinski definition) is 1. The molecule has 1 amide bonds. The van der Waals surface area contributed by atoms with Gasteiger partial charge in [0, 0.05) is 32.2 Å². The Balaban J connectivity index is 2.02. The molecule has 23 heavy (non-hydrogen) atoms. The molecule has 2 N–H and O–H groups in total. The molecule has 0 aliphatic carbocycles. The summed E-state index contributed by atoms with van der Waals surface area (Å²) in [6.45, 7) is 14.0. The highest BCUT2D eigenvalue weighted by Gasteiger charge is 2.37. The molecule has 0 aromatic carbocycles. The number of piperidine rings is 1. The molecule has 2 aliphatic rings. The Morgan fingerprint density at radius 2 is 1.61 bits per heavy atom. The molecule has 4 unspecified atom stereocenters. The number of carbonyl (C=O) groups excluding carboxylic acids is 1. The second-order valence-electron chi connectivity index (χ2n) is 7.92. The lowest BCUT2D eigenvalue weighted by molar-refractivity contribution is -0.146. The standard InChI is InChI=1S/C18H35N3O2/c1-12(2)17(21-10-13(3)23-14(4)11-21)18(22)20-8-6-16(7-9-20)15(5)19/h12-17H,6-11,19H2,1-5H3. The lowest BCUT2D eigenvalue weighted by Crippen LogP contribution is -2.58. The maximum absolute atomic E-state index is 13.1. The summed E-state index contributed by atoms with van der Waals surface area (Å²) in [6.07, 6.45) is 2.45. The van der Waals surface area contributed by atoms with Crippen molar-refractivity contribution in [3.63, 3.8) is 0 Å². The fraction of sp³-hybridized carbons (Fsp3) is 0.944. The highest BCUT2D eigenvalue weighted by Crippen LogP contribution is 2.24. The smallest absolute Gasteiger partial charge is 0.240 e. The average Bonchev–Trinajstić information content (AvgIpc) is 2.46. The van der Waals surface area contributed by atoms with Crippen molar-refractivity contribution in [3.8, 4) is 0 Å². The predicted octanol–water partition coefficient (Wildman–Crippen LogP) is 1.71. The number of rotatable bonds is 4. The first kappa shape index (κ1) is 18.7.